The zero-order valence-electron chi connectivity index (χ0n) is 13.7. The highest BCUT2D eigenvalue weighted by atomic mass is 19.1. The molecule has 5 heteroatoms. The van der Waals surface area contributed by atoms with Gasteiger partial charge >= 0.3 is 5.97 Å². The summed E-state index contributed by atoms with van der Waals surface area (Å²) in [4.78, 5) is 22.8. The number of rotatable bonds is 6. The van der Waals surface area contributed by atoms with Crippen LogP contribution in [-0.2, 0) is 11.2 Å². The number of nitrogens with one attached hydrogen (secondary N) is 1. The van der Waals surface area contributed by atoms with Crippen LogP contribution >= 0.6 is 0 Å². The van der Waals surface area contributed by atoms with Crippen LogP contribution in [0.5, 0.6) is 0 Å². The third kappa shape index (κ3) is 4.65. The van der Waals surface area contributed by atoms with E-state index in [2.05, 4.69) is 11.4 Å². The summed E-state index contributed by atoms with van der Waals surface area (Å²) in [6.45, 7) is 4.53. The van der Waals surface area contributed by atoms with E-state index in [1.165, 1.54) is 17.7 Å². The number of benzene rings is 2. The van der Waals surface area contributed by atoms with E-state index in [4.69, 9.17) is 5.11 Å². The first-order valence-electron chi connectivity index (χ1n) is 7.72. The highest BCUT2D eigenvalue weighted by Crippen LogP contribution is 2.16. The van der Waals surface area contributed by atoms with Crippen LogP contribution in [0.2, 0.25) is 0 Å². The highest BCUT2D eigenvalue weighted by molar-refractivity contribution is 5.88. The molecule has 4 nitrogen and oxygen atoms in total. The maximum absolute atomic E-state index is 13.6. The Morgan fingerprint density at radius 2 is 1.96 bits per heavy atom. The fraction of sp³-hybridized carbons (Fsp3) is 0.263. The molecule has 0 aliphatic carbocycles. The molecule has 126 valence electrons. The minimum Gasteiger partial charge on any atom is -0.478 e. The van der Waals surface area contributed by atoms with Crippen molar-refractivity contribution in [2.24, 2.45) is 0 Å². The third-order valence-electron chi connectivity index (χ3n) is 3.85. The van der Waals surface area contributed by atoms with Gasteiger partial charge in [-0.15, -0.1) is 0 Å². The van der Waals surface area contributed by atoms with Crippen molar-refractivity contribution in [1.29, 1.82) is 0 Å². The third-order valence-corrected chi connectivity index (χ3v) is 3.85. The zero-order valence-corrected chi connectivity index (χ0v) is 13.7. The minimum absolute atomic E-state index is 0.0113. The van der Waals surface area contributed by atoms with Gasteiger partial charge in [0.15, 0.2) is 0 Å². The summed E-state index contributed by atoms with van der Waals surface area (Å²) < 4.78 is 13.6. The summed E-state index contributed by atoms with van der Waals surface area (Å²) in [6, 6.07) is 11.8. The summed E-state index contributed by atoms with van der Waals surface area (Å²) in [6.07, 6.45) is 0.0113. The first-order valence-corrected chi connectivity index (χ1v) is 7.72. The molecule has 2 rings (SSSR count). The number of carbonyl (C=O) groups is 2. The fourth-order valence-electron chi connectivity index (χ4n) is 2.45. The second-order valence-corrected chi connectivity index (χ2v) is 5.92. The van der Waals surface area contributed by atoms with Gasteiger partial charge in [0.1, 0.15) is 5.82 Å². The van der Waals surface area contributed by atoms with E-state index in [0.29, 0.717) is 12.1 Å². The number of carboxylic acids is 1. The Kier molecular flexibility index (Phi) is 5.68. The van der Waals surface area contributed by atoms with Gasteiger partial charge in [0, 0.05) is 6.54 Å². The molecule has 1 unspecified atom stereocenters. The number of hydrogen-bond acceptors (Lipinski definition) is 2. The lowest BCUT2D eigenvalue weighted by molar-refractivity contribution is -0.120. The lowest BCUT2D eigenvalue weighted by Gasteiger charge is -2.14. The van der Waals surface area contributed by atoms with E-state index in [0.717, 1.165) is 11.6 Å². The smallest absolute Gasteiger partial charge is 0.338 e. The van der Waals surface area contributed by atoms with Gasteiger partial charge in [-0.25, -0.2) is 9.18 Å². The van der Waals surface area contributed by atoms with Crippen molar-refractivity contribution in [2.75, 3.05) is 6.54 Å². The van der Waals surface area contributed by atoms with Gasteiger partial charge in [0.25, 0.3) is 0 Å². The quantitative estimate of drug-likeness (QED) is 0.854. The molecule has 1 amide bonds. The molecule has 24 heavy (non-hydrogen) atoms. The van der Waals surface area contributed by atoms with E-state index in [1.54, 1.807) is 0 Å². The Morgan fingerprint density at radius 3 is 2.58 bits per heavy atom. The van der Waals surface area contributed by atoms with Crippen molar-refractivity contribution in [3.8, 4) is 0 Å². The van der Waals surface area contributed by atoms with Gasteiger partial charge in [0.2, 0.25) is 5.91 Å². The lowest BCUT2D eigenvalue weighted by atomic mass is 9.99. The minimum atomic E-state index is -1.32. The zero-order chi connectivity index (χ0) is 17.7. The molecule has 0 fully saturated rings. The van der Waals surface area contributed by atoms with Crippen molar-refractivity contribution < 1.29 is 19.1 Å². The van der Waals surface area contributed by atoms with Crippen LogP contribution in [0.1, 0.15) is 39.9 Å². The molecular weight excluding hydrogens is 309 g/mol. The Balaban J connectivity index is 1.91. The molecule has 0 aliphatic rings. The van der Waals surface area contributed by atoms with Crippen LogP contribution < -0.4 is 5.32 Å². The Morgan fingerprint density at radius 1 is 1.21 bits per heavy atom. The van der Waals surface area contributed by atoms with Crippen LogP contribution in [-0.4, -0.2) is 23.5 Å². The van der Waals surface area contributed by atoms with E-state index in [1.807, 2.05) is 32.0 Å². The van der Waals surface area contributed by atoms with Gasteiger partial charge in [-0.1, -0.05) is 42.8 Å². The van der Waals surface area contributed by atoms with Crippen molar-refractivity contribution in [3.63, 3.8) is 0 Å². The van der Waals surface area contributed by atoms with E-state index in [9.17, 15) is 14.0 Å². The van der Waals surface area contributed by atoms with E-state index in [-0.39, 0.29) is 18.2 Å². The van der Waals surface area contributed by atoms with Gasteiger partial charge in [-0.05, 0) is 36.1 Å². The summed E-state index contributed by atoms with van der Waals surface area (Å²) in [5, 5.41) is 11.6. The second kappa shape index (κ2) is 7.73. The first-order chi connectivity index (χ1) is 11.4. The van der Waals surface area contributed by atoms with Gasteiger partial charge in [0.05, 0.1) is 12.0 Å². The van der Waals surface area contributed by atoms with Gasteiger partial charge in [-0.2, -0.15) is 0 Å². The Labute approximate surface area is 140 Å². The van der Waals surface area contributed by atoms with Crippen LogP contribution in [0.3, 0.4) is 0 Å². The molecule has 2 aromatic rings. The standard InChI is InChI=1S/C19H20FNO3/c1-12-4-3-5-15(8-12)13(2)11-21-18(22)10-14-6-7-16(19(23)24)17(20)9-14/h3-9,13H,10-11H2,1-2H3,(H,21,22)(H,23,24). The monoisotopic (exact) mass is 329 g/mol. The SMILES string of the molecule is Cc1cccc(C(C)CNC(=O)Cc2ccc(C(=O)O)c(F)c2)c1. The average molecular weight is 329 g/mol. The van der Waals surface area contributed by atoms with E-state index >= 15 is 0 Å². The molecule has 0 saturated carbocycles. The van der Waals surface area contributed by atoms with Crippen LogP contribution in [0.25, 0.3) is 0 Å². The molecule has 2 aromatic carbocycles. The molecule has 0 heterocycles. The molecule has 0 aromatic heterocycles. The summed E-state index contributed by atoms with van der Waals surface area (Å²) in [5.74, 6) is -2.21. The molecule has 0 bridgehead atoms. The number of amides is 1. The average Bonchev–Trinajstić information content (AvgIpc) is 2.52. The summed E-state index contributed by atoms with van der Waals surface area (Å²) in [7, 11) is 0. The number of carboxylic acid groups (broad SMARTS) is 1. The van der Waals surface area contributed by atoms with Crippen molar-refractivity contribution in [1.82, 2.24) is 5.32 Å². The normalized spacial score (nSPS) is 11.8. The first kappa shape index (κ1) is 17.7. The molecule has 0 spiro atoms. The van der Waals surface area contributed by atoms with E-state index < -0.39 is 17.3 Å². The lowest BCUT2D eigenvalue weighted by Crippen LogP contribution is -2.29. The number of halogens is 1. The maximum Gasteiger partial charge on any atom is 0.338 e. The summed E-state index contributed by atoms with van der Waals surface area (Å²) in [5.41, 5.74) is 2.36. The summed E-state index contributed by atoms with van der Waals surface area (Å²) >= 11 is 0. The number of hydrogen-bond donors (Lipinski definition) is 2. The van der Waals surface area contributed by atoms with Gasteiger partial charge < -0.3 is 10.4 Å². The number of carbonyl (C=O) groups excluding carboxylic acids is 1. The number of aryl methyl sites for hydroxylation is 1. The number of aromatic carboxylic acids is 1. The molecule has 0 aliphatic heterocycles. The van der Waals surface area contributed by atoms with Crippen molar-refractivity contribution in [3.05, 3.63) is 70.5 Å². The molecular formula is C19H20FNO3. The fourth-order valence-corrected chi connectivity index (χ4v) is 2.45. The molecule has 0 radical (unpaired) electrons. The van der Waals surface area contributed by atoms with Crippen LogP contribution in [0.4, 0.5) is 4.39 Å². The van der Waals surface area contributed by atoms with Crippen LogP contribution in [0.15, 0.2) is 42.5 Å². The second-order valence-electron chi connectivity index (χ2n) is 5.92. The largest absolute Gasteiger partial charge is 0.478 e. The molecule has 0 saturated heterocycles. The highest BCUT2D eigenvalue weighted by Gasteiger charge is 2.13. The van der Waals surface area contributed by atoms with Crippen LogP contribution in [0, 0.1) is 12.7 Å². The van der Waals surface area contributed by atoms with Crippen molar-refractivity contribution >= 4 is 11.9 Å². The Bertz CT molecular complexity index is 758. The molecule has 1 atom stereocenters. The Hall–Kier alpha value is -2.69. The topological polar surface area (TPSA) is 66.4 Å². The maximum atomic E-state index is 13.6. The predicted molar refractivity (Wildman–Crippen MR) is 89.7 cm³/mol. The molecule has 2 N–H and O–H groups in total. The van der Waals surface area contributed by atoms with Crippen molar-refractivity contribution in [2.45, 2.75) is 26.2 Å². The van der Waals surface area contributed by atoms with Gasteiger partial charge in [-0.3, -0.25) is 4.79 Å². The predicted octanol–water partition coefficient (Wildman–Crippen LogP) is 3.29.